The van der Waals surface area contributed by atoms with E-state index >= 15 is 0 Å². The Morgan fingerprint density at radius 1 is 1.03 bits per heavy atom. The third-order valence-corrected chi connectivity index (χ3v) is 5.61. The number of anilines is 1. The van der Waals surface area contributed by atoms with Gasteiger partial charge in [0.15, 0.2) is 17.3 Å². The van der Waals surface area contributed by atoms with Crippen LogP contribution in [0.25, 0.3) is 10.9 Å². The molecular formula is C26H19FN2O6. The van der Waals surface area contributed by atoms with Crippen molar-refractivity contribution in [2.24, 2.45) is 0 Å². The van der Waals surface area contributed by atoms with Crippen molar-refractivity contribution < 1.29 is 28.2 Å². The molecule has 0 radical (unpaired) electrons. The largest absolute Gasteiger partial charge is 0.497 e. The molecule has 1 amide bonds. The van der Waals surface area contributed by atoms with Gasteiger partial charge in [-0.3, -0.25) is 14.4 Å². The number of methoxy groups -OCH3 is 1. The number of benzene rings is 3. The van der Waals surface area contributed by atoms with Crippen LogP contribution in [0.5, 0.6) is 17.2 Å². The van der Waals surface area contributed by atoms with Gasteiger partial charge >= 0.3 is 0 Å². The lowest BCUT2D eigenvalue weighted by molar-refractivity contribution is -0.116. The number of halogens is 1. The number of amides is 1. The highest BCUT2D eigenvalue weighted by atomic mass is 19.1. The predicted molar refractivity (Wildman–Crippen MR) is 126 cm³/mol. The summed E-state index contributed by atoms with van der Waals surface area (Å²) in [6.45, 7) is -0.189. The number of ether oxygens (including phenoxy) is 3. The number of fused-ring (bicyclic) bond motifs is 2. The molecule has 2 heterocycles. The lowest BCUT2D eigenvalue weighted by Crippen LogP contribution is -2.24. The van der Waals surface area contributed by atoms with E-state index in [0.717, 1.165) is 12.1 Å². The highest BCUT2D eigenvalue weighted by Gasteiger charge is 2.22. The number of hydrogen-bond donors (Lipinski definition) is 1. The van der Waals surface area contributed by atoms with Crippen LogP contribution in [-0.4, -0.2) is 30.2 Å². The maximum atomic E-state index is 13.3. The van der Waals surface area contributed by atoms with Crippen LogP contribution in [0, 0.1) is 5.82 Å². The van der Waals surface area contributed by atoms with Crippen molar-refractivity contribution in [3.63, 3.8) is 0 Å². The summed E-state index contributed by atoms with van der Waals surface area (Å²) < 4.78 is 30.8. The molecule has 1 aliphatic heterocycles. The molecule has 176 valence electrons. The van der Waals surface area contributed by atoms with Crippen molar-refractivity contribution in [1.82, 2.24) is 4.57 Å². The highest BCUT2D eigenvalue weighted by molar-refractivity contribution is 6.10. The van der Waals surface area contributed by atoms with Crippen molar-refractivity contribution in [2.75, 3.05) is 19.2 Å². The molecule has 5 rings (SSSR count). The van der Waals surface area contributed by atoms with Gasteiger partial charge < -0.3 is 24.1 Å². The fourth-order valence-electron chi connectivity index (χ4n) is 3.86. The summed E-state index contributed by atoms with van der Waals surface area (Å²) in [5.74, 6) is -0.0132. The van der Waals surface area contributed by atoms with E-state index in [0.29, 0.717) is 28.5 Å². The van der Waals surface area contributed by atoms with Crippen LogP contribution in [0.2, 0.25) is 0 Å². The number of hydrogen-bond acceptors (Lipinski definition) is 6. The normalized spacial score (nSPS) is 11.9. The molecule has 0 saturated heterocycles. The number of nitrogens with one attached hydrogen (secondary N) is 1. The summed E-state index contributed by atoms with van der Waals surface area (Å²) in [5, 5.41) is 2.98. The van der Waals surface area contributed by atoms with Crippen LogP contribution in [0.1, 0.15) is 15.9 Å². The molecule has 1 aliphatic rings. The quantitative estimate of drug-likeness (QED) is 0.428. The van der Waals surface area contributed by atoms with Gasteiger partial charge in [-0.25, -0.2) is 4.39 Å². The number of rotatable bonds is 6. The van der Waals surface area contributed by atoms with Crippen LogP contribution < -0.4 is 25.0 Å². The standard InChI is InChI=1S/C26H19FN2O6/c1-33-18-8-6-17(7-9-18)28-24(30)13-29-12-20(25(31)15-2-4-16(27)5-3-15)26(32)19-10-22-23(11-21(19)29)35-14-34-22/h2-12H,13-14H2,1H3,(H,28,30). The van der Waals surface area contributed by atoms with Crippen LogP contribution >= 0.6 is 0 Å². The Morgan fingerprint density at radius 2 is 1.71 bits per heavy atom. The first-order chi connectivity index (χ1) is 16.9. The Balaban J connectivity index is 1.56. The van der Waals surface area contributed by atoms with Gasteiger partial charge in [-0.15, -0.1) is 0 Å². The van der Waals surface area contributed by atoms with Gasteiger partial charge in [0.2, 0.25) is 18.1 Å². The molecule has 1 aromatic heterocycles. The number of ketones is 1. The van der Waals surface area contributed by atoms with Crippen molar-refractivity contribution in [3.8, 4) is 17.2 Å². The summed E-state index contributed by atoms with van der Waals surface area (Å²) in [7, 11) is 1.55. The zero-order chi connectivity index (χ0) is 24.5. The lowest BCUT2D eigenvalue weighted by Gasteiger charge is -2.14. The molecular weight excluding hydrogens is 455 g/mol. The molecule has 8 nitrogen and oxygen atoms in total. The summed E-state index contributed by atoms with van der Waals surface area (Å²) in [5.41, 5.74) is 0.429. The number of pyridine rings is 1. The average molecular weight is 474 g/mol. The first-order valence-corrected chi connectivity index (χ1v) is 10.6. The maximum absolute atomic E-state index is 13.3. The number of nitrogens with zero attached hydrogens (tertiary/aromatic N) is 1. The van der Waals surface area contributed by atoms with E-state index in [1.54, 1.807) is 37.4 Å². The molecule has 9 heteroatoms. The van der Waals surface area contributed by atoms with E-state index in [1.165, 1.54) is 29.0 Å². The van der Waals surface area contributed by atoms with Crippen molar-refractivity contribution in [2.45, 2.75) is 6.54 Å². The minimum atomic E-state index is -0.584. The molecule has 1 N–H and O–H groups in total. The number of carbonyl (C=O) groups is 2. The third kappa shape index (κ3) is 4.31. The molecule has 0 bridgehead atoms. The SMILES string of the molecule is COc1ccc(NC(=O)Cn2cc(C(=O)c3ccc(F)cc3)c(=O)c3cc4c(cc32)OCO4)cc1. The zero-order valence-corrected chi connectivity index (χ0v) is 18.5. The molecule has 0 atom stereocenters. The molecule has 4 aromatic rings. The van der Waals surface area contributed by atoms with E-state index < -0.39 is 17.0 Å². The van der Waals surface area contributed by atoms with Gasteiger partial charge in [-0.05, 0) is 54.6 Å². The fraction of sp³-hybridized carbons (Fsp3) is 0.115. The van der Waals surface area contributed by atoms with Gasteiger partial charge in [0.05, 0.1) is 23.6 Å². The first kappa shape index (κ1) is 22.1. The van der Waals surface area contributed by atoms with Gasteiger partial charge in [0.25, 0.3) is 0 Å². The summed E-state index contributed by atoms with van der Waals surface area (Å²) >= 11 is 0. The Labute approximate surface area is 198 Å². The maximum Gasteiger partial charge on any atom is 0.244 e. The second-order valence-corrected chi connectivity index (χ2v) is 7.84. The van der Waals surface area contributed by atoms with Gasteiger partial charge in [0, 0.05) is 23.5 Å². The second kappa shape index (κ2) is 8.94. The monoisotopic (exact) mass is 474 g/mol. The lowest BCUT2D eigenvalue weighted by atomic mass is 10.0. The Bertz CT molecular complexity index is 1510. The zero-order valence-electron chi connectivity index (χ0n) is 18.5. The van der Waals surface area contributed by atoms with E-state index in [-0.39, 0.29) is 35.8 Å². The Morgan fingerprint density at radius 3 is 2.40 bits per heavy atom. The van der Waals surface area contributed by atoms with Gasteiger partial charge in [-0.1, -0.05) is 0 Å². The van der Waals surface area contributed by atoms with E-state index in [1.807, 2.05) is 0 Å². The van der Waals surface area contributed by atoms with E-state index in [9.17, 15) is 18.8 Å². The smallest absolute Gasteiger partial charge is 0.244 e. The second-order valence-electron chi connectivity index (χ2n) is 7.84. The minimum absolute atomic E-state index is 0.000825. The summed E-state index contributed by atoms with van der Waals surface area (Å²) in [6, 6.07) is 14.8. The van der Waals surface area contributed by atoms with Crippen LogP contribution in [0.4, 0.5) is 10.1 Å². The molecule has 0 unspecified atom stereocenters. The average Bonchev–Trinajstić information content (AvgIpc) is 3.33. The Hall–Kier alpha value is -4.66. The molecule has 0 aliphatic carbocycles. The van der Waals surface area contributed by atoms with Crippen LogP contribution in [0.15, 0.2) is 71.7 Å². The molecule has 35 heavy (non-hydrogen) atoms. The van der Waals surface area contributed by atoms with Crippen molar-refractivity contribution >= 4 is 28.3 Å². The molecule has 0 fully saturated rings. The predicted octanol–water partition coefficient (Wildman–Crippen LogP) is 3.75. The minimum Gasteiger partial charge on any atom is -0.497 e. The van der Waals surface area contributed by atoms with E-state index in [2.05, 4.69) is 5.32 Å². The van der Waals surface area contributed by atoms with Crippen LogP contribution in [-0.2, 0) is 11.3 Å². The molecule has 0 saturated carbocycles. The topological polar surface area (TPSA) is 95.9 Å². The van der Waals surface area contributed by atoms with Crippen molar-refractivity contribution in [1.29, 1.82) is 0 Å². The highest BCUT2D eigenvalue weighted by Crippen LogP contribution is 2.35. The van der Waals surface area contributed by atoms with Crippen molar-refractivity contribution in [3.05, 3.63) is 94.0 Å². The third-order valence-electron chi connectivity index (χ3n) is 5.61. The van der Waals surface area contributed by atoms with Gasteiger partial charge in [0.1, 0.15) is 18.1 Å². The Kier molecular flexibility index (Phi) is 5.66. The summed E-state index contributed by atoms with van der Waals surface area (Å²) in [6.07, 6.45) is 1.34. The first-order valence-electron chi connectivity index (χ1n) is 10.6. The van der Waals surface area contributed by atoms with Gasteiger partial charge in [-0.2, -0.15) is 0 Å². The summed E-state index contributed by atoms with van der Waals surface area (Å²) in [4.78, 5) is 39.3. The number of aromatic nitrogens is 1. The van der Waals surface area contributed by atoms with E-state index in [4.69, 9.17) is 14.2 Å². The number of carbonyl (C=O) groups excluding carboxylic acids is 2. The molecule has 3 aromatic carbocycles. The molecule has 0 spiro atoms. The fourth-order valence-corrected chi connectivity index (χ4v) is 3.86. The van der Waals surface area contributed by atoms with Crippen LogP contribution in [0.3, 0.4) is 0 Å².